The molecule has 2 N–H and O–H groups in total. The smallest absolute Gasteiger partial charge is 0.303 e. The molecule has 1 aliphatic rings. The van der Waals surface area contributed by atoms with Crippen molar-refractivity contribution in [2.45, 2.75) is 76.5 Å². The summed E-state index contributed by atoms with van der Waals surface area (Å²) >= 11 is 0. The highest BCUT2D eigenvalue weighted by atomic mass is 32.2. The first-order valence-corrected chi connectivity index (χ1v) is 12.3. The Labute approximate surface area is 184 Å². The highest BCUT2D eigenvalue weighted by Crippen LogP contribution is 2.45. The van der Waals surface area contributed by atoms with Gasteiger partial charge in [-0.15, -0.1) is 0 Å². The first kappa shape index (κ1) is 23.4. The van der Waals surface area contributed by atoms with Crippen LogP contribution in [0.15, 0.2) is 29.2 Å². The minimum absolute atomic E-state index is 0.0702. The minimum Gasteiger partial charge on any atom is -0.481 e. The largest absolute Gasteiger partial charge is 0.481 e. The molecule has 2 aromatic rings. The minimum atomic E-state index is -4.29. The summed E-state index contributed by atoms with van der Waals surface area (Å²) in [6.45, 7) is 9.16. The normalized spacial score (nSPS) is 15.5. The third-order valence-corrected chi connectivity index (χ3v) is 7.42. The van der Waals surface area contributed by atoms with E-state index in [1.165, 1.54) is 11.8 Å². The Morgan fingerprint density at radius 1 is 1.00 bits per heavy atom. The van der Waals surface area contributed by atoms with Crippen molar-refractivity contribution in [1.82, 2.24) is 0 Å². The van der Waals surface area contributed by atoms with Crippen LogP contribution in [0.2, 0.25) is 0 Å². The van der Waals surface area contributed by atoms with E-state index in [1.807, 2.05) is 13.0 Å². The van der Waals surface area contributed by atoms with E-state index in [0.29, 0.717) is 0 Å². The molecule has 3 rings (SSSR count). The molecule has 0 unspecified atom stereocenters. The number of aryl methyl sites for hydroxylation is 1. The van der Waals surface area contributed by atoms with Crippen molar-refractivity contribution in [3.05, 3.63) is 35.4 Å². The van der Waals surface area contributed by atoms with Gasteiger partial charge in [-0.3, -0.25) is 9.35 Å². The lowest BCUT2D eigenvalue weighted by Crippen LogP contribution is -2.27. The molecule has 0 amide bonds. The first-order valence-electron chi connectivity index (χ1n) is 10.8. The van der Waals surface area contributed by atoms with Crippen molar-refractivity contribution in [2.75, 3.05) is 6.54 Å². The van der Waals surface area contributed by atoms with Gasteiger partial charge in [0.05, 0.1) is 10.3 Å². The Bertz CT molecular complexity index is 1160. The van der Waals surface area contributed by atoms with Crippen LogP contribution < -0.4 is 0 Å². The van der Waals surface area contributed by atoms with Crippen LogP contribution in [-0.2, 0) is 20.3 Å². The molecule has 1 heterocycles. The van der Waals surface area contributed by atoms with Gasteiger partial charge >= 0.3 is 5.97 Å². The second-order valence-corrected chi connectivity index (χ2v) is 10.5. The second-order valence-electron chi connectivity index (χ2n) is 9.04. The van der Waals surface area contributed by atoms with Crippen LogP contribution in [0, 0.1) is 6.92 Å². The molecule has 0 radical (unpaired) electrons. The van der Waals surface area contributed by atoms with Gasteiger partial charge in [0.25, 0.3) is 10.1 Å². The maximum Gasteiger partial charge on any atom is 0.303 e. The number of unbranched alkanes of at least 4 members (excludes halogenated alkanes) is 4. The zero-order valence-corrected chi connectivity index (χ0v) is 19.6. The molecule has 0 bridgehead atoms. The van der Waals surface area contributed by atoms with E-state index < -0.39 is 16.1 Å². The molecule has 7 heteroatoms. The number of nitrogens with zero attached hydrogens (tertiary/aromatic N) is 1. The number of benzene rings is 2. The Morgan fingerprint density at radius 2 is 1.65 bits per heavy atom. The number of carboxylic acid groups (broad SMARTS) is 1. The third kappa shape index (κ3) is 4.67. The lowest BCUT2D eigenvalue weighted by Gasteiger charge is -2.18. The Hall–Kier alpha value is -2.25. The monoisotopic (exact) mass is 446 g/mol. The van der Waals surface area contributed by atoms with Crippen LogP contribution in [0.25, 0.3) is 10.8 Å². The molecule has 0 spiro atoms. The number of carboxylic acids is 1. The van der Waals surface area contributed by atoms with Gasteiger partial charge in [0.1, 0.15) is 6.54 Å². The lowest BCUT2D eigenvalue weighted by atomic mass is 9.79. The van der Waals surface area contributed by atoms with E-state index in [4.69, 9.17) is 5.11 Å². The molecule has 0 saturated carbocycles. The molecule has 168 valence electrons. The van der Waals surface area contributed by atoms with Gasteiger partial charge in [-0.05, 0) is 68.1 Å². The third-order valence-electron chi connectivity index (χ3n) is 6.59. The number of carbonyl (C=O) groups is 1. The molecule has 2 aromatic carbocycles. The number of hydrogen-bond donors (Lipinski definition) is 2. The molecule has 0 fully saturated rings. The van der Waals surface area contributed by atoms with Crippen LogP contribution in [0.3, 0.4) is 0 Å². The van der Waals surface area contributed by atoms with Crippen LogP contribution in [0.1, 0.15) is 70.4 Å². The van der Waals surface area contributed by atoms with E-state index in [0.717, 1.165) is 66.2 Å². The Morgan fingerprint density at radius 3 is 2.29 bits per heavy atom. The summed E-state index contributed by atoms with van der Waals surface area (Å²) in [5.41, 5.74) is 3.96. The number of rotatable bonds is 9. The Balaban J connectivity index is 1.89. The number of fused-ring (bicyclic) bond motifs is 3. The van der Waals surface area contributed by atoms with Gasteiger partial charge in [0.2, 0.25) is 5.69 Å². The first-order chi connectivity index (χ1) is 14.4. The molecule has 0 saturated heterocycles. The maximum atomic E-state index is 11.8. The molecule has 6 nitrogen and oxygen atoms in total. The van der Waals surface area contributed by atoms with Crippen molar-refractivity contribution in [3.8, 4) is 0 Å². The molecule has 0 atom stereocenters. The van der Waals surface area contributed by atoms with Gasteiger partial charge in [0.15, 0.2) is 5.71 Å². The van der Waals surface area contributed by atoms with Crippen LogP contribution in [0.4, 0.5) is 5.69 Å². The van der Waals surface area contributed by atoms with Crippen LogP contribution in [0.5, 0.6) is 0 Å². The van der Waals surface area contributed by atoms with Gasteiger partial charge in [-0.2, -0.15) is 13.0 Å². The maximum absolute atomic E-state index is 11.8. The molecule has 0 aliphatic carbocycles. The highest BCUT2D eigenvalue weighted by molar-refractivity contribution is 7.85. The summed E-state index contributed by atoms with van der Waals surface area (Å²) in [6, 6.07) is 7.26. The zero-order valence-electron chi connectivity index (χ0n) is 18.7. The summed E-state index contributed by atoms with van der Waals surface area (Å²) in [5, 5.41) is 10.6. The summed E-state index contributed by atoms with van der Waals surface area (Å²) in [7, 11) is -4.29. The standard InChI is InChI=1S/C24H31NO5S/c1-16-14-18(31(28,29)30)15-20-19(16)11-12-21-23(20)24(3,4)17(2)25(21)13-9-7-5-6-8-10-22(26)27/h11-12,14-15H,5-10,13H2,1-4H3,(H-,26,27,28,29,30)/p+1. The highest BCUT2D eigenvalue weighted by Gasteiger charge is 2.44. The fourth-order valence-corrected chi connectivity index (χ4v) is 5.26. The van der Waals surface area contributed by atoms with Crippen molar-refractivity contribution in [2.24, 2.45) is 0 Å². The van der Waals surface area contributed by atoms with Gasteiger partial charge < -0.3 is 5.11 Å². The van der Waals surface area contributed by atoms with Crippen molar-refractivity contribution >= 4 is 38.3 Å². The number of aliphatic carboxylic acids is 1. The SMILES string of the molecule is CC1=[N+](CCCCCCCC(=O)O)c2ccc3c(C)cc(S(=O)(=O)O)cc3c2C1(C)C. The molecular weight excluding hydrogens is 414 g/mol. The molecular formula is C24H32NO5S+. The van der Waals surface area contributed by atoms with Crippen molar-refractivity contribution in [3.63, 3.8) is 0 Å². The van der Waals surface area contributed by atoms with Crippen molar-refractivity contribution in [1.29, 1.82) is 0 Å². The van der Waals surface area contributed by atoms with E-state index in [-0.39, 0.29) is 16.7 Å². The van der Waals surface area contributed by atoms with Gasteiger partial charge in [-0.1, -0.05) is 12.8 Å². The topological polar surface area (TPSA) is 94.7 Å². The van der Waals surface area contributed by atoms with E-state index in [9.17, 15) is 17.8 Å². The van der Waals surface area contributed by atoms with Gasteiger partial charge in [-0.25, -0.2) is 0 Å². The fraction of sp³-hybridized carbons (Fsp3) is 0.500. The van der Waals surface area contributed by atoms with Crippen LogP contribution >= 0.6 is 0 Å². The molecule has 0 aromatic heterocycles. The second kappa shape index (κ2) is 8.71. The van der Waals surface area contributed by atoms with E-state index in [1.54, 1.807) is 6.07 Å². The van der Waals surface area contributed by atoms with E-state index in [2.05, 4.69) is 31.4 Å². The molecule has 31 heavy (non-hydrogen) atoms. The summed E-state index contributed by atoms with van der Waals surface area (Å²) in [5.74, 6) is -0.735. The predicted molar refractivity (Wildman–Crippen MR) is 122 cm³/mol. The average molecular weight is 447 g/mol. The summed E-state index contributed by atoms with van der Waals surface area (Å²) in [4.78, 5) is 10.5. The molecule has 1 aliphatic heterocycles. The fourth-order valence-electron chi connectivity index (χ4n) is 4.67. The quantitative estimate of drug-likeness (QED) is 0.313. The zero-order chi connectivity index (χ0) is 23.0. The van der Waals surface area contributed by atoms with Gasteiger partial charge in [0, 0.05) is 31.4 Å². The van der Waals surface area contributed by atoms with Crippen molar-refractivity contribution < 1.29 is 27.4 Å². The predicted octanol–water partition coefficient (Wildman–Crippen LogP) is 5.22. The van der Waals surface area contributed by atoms with E-state index >= 15 is 0 Å². The Kier molecular flexibility index (Phi) is 6.58. The van der Waals surface area contributed by atoms with Crippen LogP contribution in [-0.4, -0.2) is 40.9 Å². The average Bonchev–Trinajstić information content (AvgIpc) is 2.86. The lowest BCUT2D eigenvalue weighted by molar-refractivity contribution is -0.439. The number of hydrogen-bond acceptors (Lipinski definition) is 3. The summed E-state index contributed by atoms with van der Waals surface area (Å²) < 4.78 is 35.6. The summed E-state index contributed by atoms with van der Waals surface area (Å²) in [6.07, 6.45) is 4.95.